The topological polar surface area (TPSA) is 29.1 Å². The van der Waals surface area contributed by atoms with Crippen LogP contribution < -0.4 is 5.32 Å². The van der Waals surface area contributed by atoms with Crippen molar-refractivity contribution in [2.45, 2.75) is 19.3 Å². The second kappa shape index (κ2) is 5.70. The van der Waals surface area contributed by atoms with E-state index in [-0.39, 0.29) is 17.7 Å². The molecule has 2 unspecified atom stereocenters. The van der Waals surface area contributed by atoms with Gasteiger partial charge in [0, 0.05) is 21.7 Å². The first-order chi connectivity index (χ1) is 10.0. The molecule has 0 aliphatic heterocycles. The van der Waals surface area contributed by atoms with Gasteiger partial charge in [-0.15, -0.1) is 0 Å². The van der Waals surface area contributed by atoms with Crippen LogP contribution >= 0.6 is 23.2 Å². The molecule has 1 N–H and O–H groups in total. The van der Waals surface area contributed by atoms with Crippen molar-refractivity contribution in [3.05, 3.63) is 63.6 Å². The molecule has 0 aromatic heterocycles. The number of carbonyl (C=O) groups is 1. The third kappa shape index (κ3) is 3.39. The van der Waals surface area contributed by atoms with Gasteiger partial charge in [-0.2, -0.15) is 0 Å². The first-order valence-electron chi connectivity index (χ1n) is 6.86. The van der Waals surface area contributed by atoms with Crippen LogP contribution in [0.4, 0.5) is 5.69 Å². The third-order valence-electron chi connectivity index (χ3n) is 3.73. The molecule has 2 atom stereocenters. The summed E-state index contributed by atoms with van der Waals surface area (Å²) in [6.45, 7) is 2.00. The average molecular weight is 320 g/mol. The largest absolute Gasteiger partial charge is 0.326 e. The zero-order chi connectivity index (χ0) is 15.0. The van der Waals surface area contributed by atoms with Crippen LogP contribution in [0, 0.1) is 12.8 Å². The van der Waals surface area contributed by atoms with Crippen LogP contribution in [0.25, 0.3) is 0 Å². The fourth-order valence-corrected chi connectivity index (χ4v) is 3.14. The Morgan fingerprint density at radius 2 is 1.86 bits per heavy atom. The quantitative estimate of drug-likeness (QED) is 0.843. The molecule has 1 amide bonds. The number of hydrogen-bond donors (Lipinski definition) is 1. The highest BCUT2D eigenvalue weighted by Crippen LogP contribution is 2.49. The molecule has 4 heteroatoms. The zero-order valence-corrected chi connectivity index (χ0v) is 13.1. The first kappa shape index (κ1) is 14.4. The Labute approximate surface area is 134 Å². The molecular weight excluding hydrogens is 305 g/mol. The van der Waals surface area contributed by atoms with Crippen LogP contribution in [-0.2, 0) is 4.79 Å². The van der Waals surface area contributed by atoms with E-state index in [4.69, 9.17) is 23.2 Å². The van der Waals surface area contributed by atoms with E-state index >= 15 is 0 Å². The van der Waals surface area contributed by atoms with Crippen molar-refractivity contribution in [2.75, 3.05) is 5.32 Å². The minimum atomic E-state index is 0.0000422. The minimum Gasteiger partial charge on any atom is -0.326 e. The summed E-state index contributed by atoms with van der Waals surface area (Å²) in [5.74, 6) is 0.271. The van der Waals surface area contributed by atoms with Gasteiger partial charge < -0.3 is 5.32 Å². The van der Waals surface area contributed by atoms with Gasteiger partial charge in [-0.3, -0.25) is 4.79 Å². The molecule has 1 aliphatic rings. The van der Waals surface area contributed by atoms with Gasteiger partial charge in [-0.05, 0) is 60.7 Å². The van der Waals surface area contributed by atoms with Gasteiger partial charge in [0.25, 0.3) is 0 Å². The number of aryl methyl sites for hydroxylation is 1. The second-order valence-electron chi connectivity index (χ2n) is 5.51. The molecule has 2 aromatic carbocycles. The highest BCUT2D eigenvalue weighted by Gasteiger charge is 2.44. The lowest BCUT2D eigenvalue weighted by atomic mass is 10.1. The fourth-order valence-electron chi connectivity index (χ4n) is 2.60. The molecule has 0 spiro atoms. The normalized spacial score (nSPS) is 20.1. The van der Waals surface area contributed by atoms with Crippen molar-refractivity contribution in [2.24, 2.45) is 5.92 Å². The lowest BCUT2D eigenvalue weighted by Gasteiger charge is -2.06. The average Bonchev–Trinajstić information content (AvgIpc) is 3.17. The predicted molar refractivity (Wildman–Crippen MR) is 87.1 cm³/mol. The second-order valence-corrected chi connectivity index (χ2v) is 6.38. The number of hydrogen-bond acceptors (Lipinski definition) is 1. The Kier molecular flexibility index (Phi) is 3.92. The number of rotatable bonds is 3. The van der Waals surface area contributed by atoms with Crippen molar-refractivity contribution in [3.63, 3.8) is 0 Å². The molecule has 2 nitrogen and oxygen atoms in total. The highest BCUT2D eigenvalue weighted by molar-refractivity contribution is 6.34. The third-order valence-corrected chi connectivity index (χ3v) is 4.16. The van der Waals surface area contributed by atoms with E-state index in [1.54, 1.807) is 6.07 Å². The van der Waals surface area contributed by atoms with Crippen molar-refractivity contribution < 1.29 is 4.79 Å². The van der Waals surface area contributed by atoms with Crippen molar-refractivity contribution in [1.29, 1.82) is 0 Å². The molecule has 3 rings (SSSR count). The highest BCUT2D eigenvalue weighted by atomic mass is 35.5. The summed E-state index contributed by atoms with van der Waals surface area (Å²) in [6, 6.07) is 13.3. The summed E-state index contributed by atoms with van der Waals surface area (Å²) in [6.07, 6.45) is 0.842. The van der Waals surface area contributed by atoms with Crippen LogP contribution in [0.1, 0.15) is 23.5 Å². The van der Waals surface area contributed by atoms with Crippen LogP contribution in [0.2, 0.25) is 10.0 Å². The van der Waals surface area contributed by atoms with Gasteiger partial charge in [-0.1, -0.05) is 35.3 Å². The molecule has 2 aromatic rings. The molecule has 0 radical (unpaired) electrons. The molecule has 1 aliphatic carbocycles. The van der Waals surface area contributed by atoms with Gasteiger partial charge in [0.1, 0.15) is 0 Å². The lowest BCUT2D eigenvalue weighted by Crippen LogP contribution is -2.14. The van der Waals surface area contributed by atoms with Crippen LogP contribution in [0.3, 0.4) is 0 Å². The van der Waals surface area contributed by atoms with E-state index in [0.717, 1.165) is 23.2 Å². The summed E-state index contributed by atoms with van der Waals surface area (Å²) in [5.41, 5.74) is 3.01. The van der Waals surface area contributed by atoms with E-state index in [9.17, 15) is 4.79 Å². The Bertz CT molecular complexity index is 679. The van der Waals surface area contributed by atoms with Gasteiger partial charge in [0.2, 0.25) is 5.91 Å². The SMILES string of the molecule is Cc1cccc(NC(=O)C2CC2c2cc(Cl)cc(Cl)c2)c1. The van der Waals surface area contributed by atoms with Gasteiger partial charge in [0.15, 0.2) is 0 Å². The summed E-state index contributed by atoms with van der Waals surface area (Å²) in [7, 11) is 0. The molecule has 108 valence electrons. The summed E-state index contributed by atoms with van der Waals surface area (Å²) in [5, 5.41) is 4.20. The van der Waals surface area contributed by atoms with Crippen molar-refractivity contribution in [3.8, 4) is 0 Å². The monoisotopic (exact) mass is 319 g/mol. The predicted octanol–water partition coefficient (Wildman–Crippen LogP) is 5.04. The lowest BCUT2D eigenvalue weighted by molar-refractivity contribution is -0.117. The Morgan fingerprint density at radius 1 is 1.14 bits per heavy atom. The number of carbonyl (C=O) groups excluding carboxylic acids is 1. The number of anilines is 1. The first-order valence-corrected chi connectivity index (χ1v) is 7.62. The minimum absolute atomic E-state index is 0.0000422. The van der Waals surface area contributed by atoms with Crippen LogP contribution in [0.5, 0.6) is 0 Å². The molecule has 0 bridgehead atoms. The number of nitrogens with one attached hydrogen (secondary N) is 1. The van der Waals surface area contributed by atoms with E-state index < -0.39 is 0 Å². The number of amides is 1. The fraction of sp³-hybridized carbons (Fsp3) is 0.235. The number of benzene rings is 2. The Balaban J connectivity index is 1.68. The van der Waals surface area contributed by atoms with Crippen molar-refractivity contribution >= 4 is 34.8 Å². The maximum absolute atomic E-state index is 12.3. The van der Waals surface area contributed by atoms with Gasteiger partial charge >= 0.3 is 0 Å². The Morgan fingerprint density at radius 3 is 2.52 bits per heavy atom. The van der Waals surface area contributed by atoms with Gasteiger partial charge in [0.05, 0.1) is 0 Å². The standard InChI is InChI=1S/C17H15Cl2NO/c1-10-3-2-4-14(5-10)20-17(21)16-9-15(16)11-6-12(18)8-13(19)7-11/h2-8,15-16H,9H2,1H3,(H,20,21). The zero-order valence-electron chi connectivity index (χ0n) is 11.6. The Hall–Kier alpha value is -1.51. The van der Waals surface area contributed by atoms with Crippen LogP contribution in [0.15, 0.2) is 42.5 Å². The van der Waals surface area contributed by atoms with Gasteiger partial charge in [-0.25, -0.2) is 0 Å². The molecule has 1 fully saturated rings. The van der Waals surface area contributed by atoms with Crippen LogP contribution in [-0.4, -0.2) is 5.91 Å². The van der Waals surface area contributed by atoms with E-state index in [2.05, 4.69) is 5.32 Å². The van der Waals surface area contributed by atoms with E-state index in [0.29, 0.717) is 10.0 Å². The molecule has 21 heavy (non-hydrogen) atoms. The van der Waals surface area contributed by atoms with E-state index in [1.807, 2.05) is 43.3 Å². The smallest absolute Gasteiger partial charge is 0.228 e. The summed E-state index contributed by atoms with van der Waals surface area (Å²) < 4.78 is 0. The summed E-state index contributed by atoms with van der Waals surface area (Å²) >= 11 is 12.0. The maximum Gasteiger partial charge on any atom is 0.228 e. The number of halogens is 2. The van der Waals surface area contributed by atoms with Crippen molar-refractivity contribution in [1.82, 2.24) is 0 Å². The molecule has 0 heterocycles. The maximum atomic E-state index is 12.3. The molecular formula is C17H15Cl2NO. The summed E-state index contributed by atoms with van der Waals surface area (Å²) in [4.78, 5) is 12.3. The van der Waals surface area contributed by atoms with E-state index in [1.165, 1.54) is 0 Å². The molecule has 1 saturated carbocycles. The molecule has 0 saturated heterocycles.